The van der Waals surface area contributed by atoms with Gasteiger partial charge >= 0.3 is 0 Å². The van der Waals surface area contributed by atoms with Crippen LogP contribution in [0.2, 0.25) is 0 Å². The molecule has 0 fully saturated rings. The van der Waals surface area contributed by atoms with E-state index in [0.717, 1.165) is 0 Å². The van der Waals surface area contributed by atoms with Gasteiger partial charge in [0.05, 0.1) is 0 Å². The van der Waals surface area contributed by atoms with Gasteiger partial charge in [0.2, 0.25) is 0 Å². The van der Waals surface area contributed by atoms with Crippen molar-refractivity contribution in [3.63, 3.8) is 0 Å². The molecule has 0 spiro atoms. The van der Waals surface area contributed by atoms with E-state index in [1.165, 1.54) is 66.8 Å². The molecule has 0 bridgehead atoms. The highest BCUT2D eigenvalue weighted by molar-refractivity contribution is 7.80. The molecule has 38 heavy (non-hydrogen) atoms. The van der Waals surface area contributed by atoms with Crippen molar-refractivity contribution in [2.45, 2.75) is 78.5 Å². The first kappa shape index (κ1) is 27.9. The normalized spacial score (nSPS) is 29.8. The second-order valence-electron chi connectivity index (χ2n) is 11.9. The monoisotopic (exact) mass is 612 g/mol. The minimum atomic E-state index is -0.192. The second-order valence-corrected chi connectivity index (χ2v) is 13.8. The maximum absolute atomic E-state index is 4.75. The molecule has 3 aromatic carbocycles. The van der Waals surface area contributed by atoms with Crippen LogP contribution in [0.4, 0.5) is 0 Å². The Kier molecular flexibility index (Phi) is 6.70. The summed E-state index contributed by atoms with van der Waals surface area (Å²) >= 11 is 28.5. The van der Waals surface area contributed by atoms with Gasteiger partial charge in [-0.15, -0.1) is 0 Å². The maximum atomic E-state index is 4.75. The first-order valence-electron chi connectivity index (χ1n) is 13.2. The van der Waals surface area contributed by atoms with E-state index in [4.69, 9.17) is 75.8 Å². The minimum absolute atomic E-state index is 0.130. The Morgan fingerprint density at radius 1 is 0.368 bits per heavy atom. The van der Waals surface area contributed by atoms with Gasteiger partial charge in [-0.25, -0.2) is 0 Å². The summed E-state index contributed by atoms with van der Waals surface area (Å²) in [5.41, 5.74) is 15.7. The SMILES string of the molecule is CC12c3cc(CS)c(CS)cc3C3(C)c4cc(CS)c(CS)cc4C(C)(c4cc(CS)c(CS)cc41)C23C. The van der Waals surface area contributed by atoms with Gasteiger partial charge in [0, 0.05) is 56.2 Å². The summed E-state index contributed by atoms with van der Waals surface area (Å²) in [6.07, 6.45) is 0. The predicted molar refractivity (Wildman–Crippen MR) is 183 cm³/mol. The lowest BCUT2D eigenvalue weighted by molar-refractivity contribution is 0.0997. The number of rotatable bonds is 6. The van der Waals surface area contributed by atoms with Crippen LogP contribution in [0.5, 0.6) is 0 Å². The molecule has 0 amide bonds. The van der Waals surface area contributed by atoms with Gasteiger partial charge in [0.1, 0.15) is 0 Å². The standard InChI is InChI=1S/C32H36S6/c1-29-23-5-17(11-33)19(13-35)7-25(23)30(2)27-9-21(15-37)22(16-38)10-28(27)31(3,32(29,30)4)26-8-20(14-36)18(12-34)6-24(26)29/h5-10,33-38H,11-16H2,1-4H3. The van der Waals surface area contributed by atoms with E-state index in [9.17, 15) is 0 Å². The Labute approximate surface area is 261 Å². The van der Waals surface area contributed by atoms with E-state index in [-0.39, 0.29) is 21.7 Å². The van der Waals surface area contributed by atoms with Gasteiger partial charge in [-0.2, -0.15) is 75.8 Å². The molecule has 6 rings (SSSR count). The van der Waals surface area contributed by atoms with Crippen molar-refractivity contribution < 1.29 is 0 Å². The lowest BCUT2D eigenvalue weighted by atomic mass is 9.52. The minimum Gasteiger partial charge on any atom is -0.175 e. The molecule has 3 aliphatic rings. The molecule has 3 aromatic rings. The number of thiol groups is 6. The Morgan fingerprint density at radius 2 is 0.526 bits per heavy atom. The largest absolute Gasteiger partial charge is 0.175 e. The Morgan fingerprint density at radius 3 is 0.658 bits per heavy atom. The van der Waals surface area contributed by atoms with Crippen LogP contribution in [0, 0.1) is 5.41 Å². The molecule has 6 heteroatoms. The fourth-order valence-corrected chi connectivity index (χ4v) is 10.8. The van der Waals surface area contributed by atoms with E-state index in [0.29, 0.717) is 34.5 Å². The number of benzene rings is 3. The second kappa shape index (κ2) is 9.13. The quantitative estimate of drug-likeness (QED) is 0.148. The first-order valence-corrected chi connectivity index (χ1v) is 17.0. The van der Waals surface area contributed by atoms with E-state index in [2.05, 4.69) is 64.1 Å². The molecule has 0 heterocycles. The highest BCUT2D eigenvalue weighted by Gasteiger charge is 2.79. The van der Waals surface area contributed by atoms with Gasteiger partial charge in [0.15, 0.2) is 0 Å². The zero-order chi connectivity index (χ0) is 27.4. The van der Waals surface area contributed by atoms with Crippen molar-refractivity contribution in [3.8, 4) is 0 Å². The molecule has 0 unspecified atom stereocenters. The van der Waals surface area contributed by atoms with E-state index in [1.807, 2.05) is 0 Å². The van der Waals surface area contributed by atoms with Crippen LogP contribution in [0.1, 0.15) is 94.5 Å². The van der Waals surface area contributed by atoms with Crippen LogP contribution in [0.15, 0.2) is 36.4 Å². The molecule has 0 nitrogen and oxygen atoms in total. The summed E-state index contributed by atoms with van der Waals surface area (Å²) in [6.45, 7) is 10.1. The van der Waals surface area contributed by atoms with Gasteiger partial charge in [-0.3, -0.25) is 0 Å². The van der Waals surface area contributed by atoms with Gasteiger partial charge < -0.3 is 0 Å². The third-order valence-corrected chi connectivity index (χ3v) is 13.3. The van der Waals surface area contributed by atoms with Crippen LogP contribution < -0.4 is 0 Å². The molecule has 0 radical (unpaired) electrons. The Balaban J connectivity index is 1.86. The van der Waals surface area contributed by atoms with Crippen molar-refractivity contribution in [1.29, 1.82) is 0 Å². The number of fused-ring (bicyclic) bond motifs is 9. The van der Waals surface area contributed by atoms with Gasteiger partial charge in [0.25, 0.3) is 0 Å². The molecule has 0 N–H and O–H groups in total. The lowest BCUT2D eigenvalue weighted by Gasteiger charge is -2.49. The number of hydrogen-bond acceptors (Lipinski definition) is 6. The van der Waals surface area contributed by atoms with E-state index in [1.54, 1.807) is 0 Å². The van der Waals surface area contributed by atoms with Crippen molar-refractivity contribution in [2.24, 2.45) is 5.41 Å². The van der Waals surface area contributed by atoms with Crippen molar-refractivity contribution in [1.82, 2.24) is 0 Å². The van der Waals surface area contributed by atoms with Gasteiger partial charge in [-0.1, -0.05) is 64.1 Å². The first-order chi connectivity index (χ1) is 18.1. The maximum Gasteiger partial charge on any atom is 0.0258 e. The third kappa shape index (κ3) is 2.87. The van der Waals surface area contributed by atoms with Crippen LogP contribution in [-0.2, 0) is 50.8 Å². The Bertz CT molecular complexity index is 1230. The zero-order valence-electron chi connectivity index (χ0n) is 22.4. The molecule has 0 aliphatic heterocycles. The predicted octanol–water partition coefficient (Wildman–Crippen LogP) is 8.53. The summed E-state index contributed by atoms with van der Waals surface area (Å²) in [5.74, 6) is 4.27. The summed E-state index contributed by atoms with van der Waals surface area (Å²) in [5, 5.41) is 0. The topological polar surface area (TPSA) is 0 Å². The molecule has 0 aromatic heterocycles. The highest BCUT2D eigenvalue weighted by atomic mass is 32.1. The van der Waals surface area contributed by atoms with Crippen molar-refractivity contribution in [3.05, 3.63) is 103 Å². The summed E-state index contributed by atoms with van der Waals surface area (Å²) < 4.78 is 0. The highest BCUT2D eigenvalue weighted by Crippen LogP contribution is 2.82. The summed E-state index contributed by atoms with van der Waals surface area (Å²) in [4.78, 5) is 0. The molecular formula is C32H36S6. The summed E-state index contributed by atoms with van der Waals surface area (Å²) in [7, 11) is 0. The zero-order valence-corrected chi connectivity index (χ0v) is 27.8. The average Bonchev–Trinajstić information content (AvgIpc) is 3.29. The van der Waals surface area contributed by atoms with Crippen molar-refractivity contribution >= 4 is 75.8 Å². The molecule has 200 valence electrons. The van der Waals surface area contributed by atoms with Gasteiger partial charge in [-0.05, 0) is 66.8 Å². The molecule has 0 atom stereocenters. The van der Waals surface area contributed by atoms with Crippen molar-refractivity contribution in [2.75, 3.05) is 0 Å². The molecule has 3 aliphatic carbocycles. The Hall–Kier alpha value is -0.240. The fraction of sp³-hybridized carbons (Fsp3) is 0.438. The van der Waals surface area contributed by atoms with Crippen LogP contribution in [0.3, 0.4) is 0 Å². The molecule has 0 saturated carbocycles. The molecular weight excluding hydrogens is 577 g/mol. The van der Waals surface area contributed by atoms with Crippen LogP contribution in [-0.4, -0.2) is 0 Å². The fourth-order valence-electron chi connectivity index (χ4n) is 8.98. The lowest BCUT2D eigenvalue weighted by Crippen LogP contribution is -2.51. The smallest absolute Gasteiger partial charge is 0.0258 e. The third-order valence-electron chi connectivity index (χ3n) is 11.3. The molecule has 0 saturated heterocycles. The summed E-state index contributed by atoms with van der Waals surface area (Å²) in [6, 6.07) is 14.8. The number of hydrogen-bond donors (Lipinski definition) is 6. The average molecular weight is 613 g/mol. The van der Waals surface area contributed by atoms with Crippen LogP contribution in [0.25, 0.3) is 0 Å². The van der Waals surface area contributed by atoms with E-state index >= 15 is 0 Å². The van der Waals surface area contributed by atoms with Crippen LogP contribution >= 0.6 is 75.8 Å². The van der Waals surface area contributed by atoms with E-state index < -0.39 is 0 Å².